The second-order valence-corrected chi connectivity index (χ2v) is 5.05. The Bertz CT molecular complexity index is 353. The Morgan fingerprint density at radius 3 is 2.37 bits per heavy atom. The quantitative estimate of drug-likeness (QED) is 0.525. The molecule has 0 radical (unpaired) electrons. The van der Waals surface area contributed by atoms with Crippen LogP contribution in [-0.4, -0.2) is 41.6 Å². The normalized spacial score (nSPS) is 15.7. The monoisotopic (exact) mass is 271 g/mol. The highest BCUT2D eigenvalue weighted by Gasteiger charge is 2.24. The first kappa shape index (κ1) is 15.3. The van der Waals surface area contributed by atoms with Crippen LogP contribution < -0.4 is 16.0 Å². The lowest BCUT2D eigenvalue weighted by Crippen LogP contribution is -2.49. The minimum absolute atomic E-state index is 0.0959. The van der Waals surface area contributed by atoms with Gasteiger partial charge in [-0.25, -0.2) is 9.59 Å². The molecule has 0 saturated heterocycles. The van der Waals surface area contributed by atoms with Crippen LogP contribution in [0.15, 0.2) is 0 Å². The van der Waals surface area contributed by atoms with E-state index in [4.69, 9.17) is 5.11 Å². The summed E-state index contributed by atoms with van der Waals surface area (Å²) in [5.74, 6) is -1.38. The average Bonchev–Trinajstić information content (AvgIpc) is 3.08. The second kappa shape index (κ2) is 6.96. The summed E-state index contributed by atoms with van der Waals surface area (Å²) in [5, 5.41) is 16.5. The van der Waals surface area contributed by atoms with Gasteiger partial charge in [-0.3, -0.25) is 4.79 Å². The molecule has 4 N–H and O–H groups in total. The van der Waals surface area contributed by atoms with Crippen LogP contribution in [0.25, 0.3) is 0 Å². The molecule has 1 rings (SSSR count). The van der Waals surface area contributed by atoms with Crippen molar-refractivity contribution in [3.05, 3.63) is 0 Å². The van der Waals surface area contributed by atoms with Crippen molar-refractivity contribution in [2.24, 2.45) is 5.92 Å². The first-order valence-corrected chi connectivity index (χ1v) is 6.46. The van der Waals surface area contributed by atoms with Crippen molar-refractivity contribution in [2.45, 2.75) is 45.2 Å². The SMILES string of the molecule is CC(C)C(NC(=O)NCCC(=O)NC1CC1)C(=O)O. The zero-order valence-corrected chi connectivity index (χ0v) is 11.2. The highest BCUT2D eigenvalue weighted by Crippen LogP contribution is 2.18. The molecule has 1 atom stereocenters. The smallest absolute Gasteiger partial charge is 0.326 e. The molecule has 0 spiro atoms. The number of rotatable bonds is 7. The van der Waals surface area contributed by atoms with Gasteiger partial charge in [-0.15, -0.1) is 0 Å². The molecule has 0 aromatic heterocycles. The van der Waals surface area contributed by atoms with E-state index < -0.39 is 18.0 Å². The molecule has 0 aromatic carbocycles. The second-order valence-electron chi connectivity index (χ2n) is 5.05. The largest absolute Gasteiger partial charge is 0.480 e. The van der Waals surface area contributed by atoms with Gasteiger partial charge in [0, 0.05) is 19.0 Å². The highest BCUT2D eigenvalue weighted by atomic mass is 16.4. The molecule has 1 aliphatic carbocycles. The fraction of sp³-hybridized carbons (Fsp3) is 0.750. The molecule has 108 valence electrons. The van der Waals surface area contributed by atoms with E-state index in [0.29, 0.717) is 6.04 Å². The standard InChI is InChI=1S/C12H21N3O4/c1-7(2)10(11(17)18)15-12(19)13-6-5-9(16)14-8-3-4-8/h7-8,10H,3-6H2,1-2H3,(H,14,16)(H,17,18)(H2,13,15,19). The number of amides is 3. The zero-order chi connectivity index (χ0) is 14.4. The van der Waals surface area contributed by atoms with Crippen LogP contribution in [-0.2, 0) is 9.59 Å². The summed E-state index contributed by atoms with van der Waals surface area (Å²) in [6.07, 6.45) is 2.24. The van der Waals surface area contributed by atoms with Crippen LogP contribution in [0.4, 0.5) is 4.79 Å². The summed E-state index contributed by atoms with van der Waals surface area (Å²) in [5.41, 5.74) is 0. The van der Waals surface area contributed by atoms with Crippen LogP contribution in [0.3, 0.4) is 0 Å². The lowest BCUT2D eigenvalue weighted by molar-refractivity contribution is -0.140. The molecule has 1 unspecified atom stereocenters. The number of nitrogens with one attached hydrogen (secondary N) is 3. The minimum atomic E-state index is -1.07. The van der Waals surface area contributed by atoms with Crippen LogP contribution in [0.5, 0.6) is 0 Å². The molecule has 0 aliphatic heterocycles. The van der Waals surface area contributed by atoms with Crippen LogP contribution in [0.2, 0.25) is 0 Å². The molecule has 3 amide bonds. The minimum Gasteiger partial charge on any atom is -0.480 e. The van der Waals surface area contributed by atoms with Gasteiger partial charge >= 0.3 is 12.0 Å². The first-order chi connectivity index (χ1) is 8.90. The van der Waals surface area contributed by atoms with Crippen LogP contribution >= 0.6 is 0 Å². The van der Waals surface area contributed by atoms with Crippen LogP contribution in [0, 0.1) is 5.92 Å². The lowest BCUT2D eigenvalue weighted by atomic mass is 10.1. The zero-order valence-electron chi connectivity index (χ0n) is 11.2. The number of aliphatic carboxylic acids is 1. The van der Waals surface area contributed by atoms with Gasteiger partial charge in [0.1, 0.15) is 6.04 Å². The van der Waals surface area contributed by atoms with E-state index in [2.05, 4.69) is 16.0 Å². The molecule has 1 fully saturated rings. The van der Waals surface area contributed by atoms with E-state index in [1.54, 1.807) is 13.8 Å². The summed E-state index contributed by atoms with van der Waals surface area (Å²) in [6, 6.07) is -1.20. The van der Waals surface area contributed by atoms with Gasteiger partial charge < -0.3 is 21.1 Å². The van der Waals surface area contributed by atoms with E-state index in [1.165, 1.54) is 0 Å². The number of carbonyl (C=O) groups excluding carboxylic acids is 2. The van der Waals surface area contributed by atoms with E-state index >= 15 is 0 Å². The molecule has 19 heavy (non-hydrogen) atoms. The number of hydrogen-bond acceptors (Lipinski definition) is 3. The van der Waals surface area contributed by atoms with Gasteiger partial charge in [0.15, 0.2) is 0 Å². The third-order valence-corrected chi connectivity index (χ3v) is 2.80. The number of carboxylic acids is 1. The number of hydrogen-bond donors (Lipinski definition) is 4. The Labute approximate surface area is 112 Å². The maximum atomic E-state index is 11.5. The fourth-order valence-corrected chi connectivity index (χ4v) is 1.52. The molecule has 0 bridgehead atoms. The van der Waals surface area contributed by atoms with Gasteiger partial charge in [0.05, 0.1) is 0 Å². The van der Waals surface area contributed by atoms with Crippen molar-refractivity contribution in [3.63, 3.8) is 0 Å². The number of urea groups is 1. The van der Waals surface area contributed by atoms with E-state index in [-0.39, 0.29) is 24.8 Å². The van der Waals surface area contributed by atoms with Crippen molar-refractivity contribution in [1.29, 1.82) is 0 Å². The maximum absolute atomic E-state index is 11.5. The molecule has 0 aromatic rings. The topological polar surface area (TPSA) is 108 Å². The summed E-state index contributed by atoms with van der Waals surface area (Å²) in [6.45, 7) is 3.61. The number of carboxylic acid groups (broad SMARTS) is 1. The molecular formula is C12H21N3O4. The van der Waals surface area contributed by atoms with Gasteiger partial charge in [-0.1, -0.05) is 13.8 Å². The lowest BCUT2D eigenvalue weighted by Gasteiger charge is -2.18. The fourth-order valence-electron chi connectivity index (χ4n) is 1.52. The summed E-state index contributed by atoms with van der Waals surface area (Å²) < 4.78 is 0. The third kappa shape index (κ3) is 6.08. The van der Waals surface area contributed by atoms with Crippen LogP contribution in [0.1, 0.15) is 33.1 Å². The Morgan fingerprint density at radius 1 is 1.26 bits per heavy atom. The van der Waals surface area contributed by atoms with Crippen molar-refractivity contribution in [1.82, 2.24) is 16.0 Å². The van der Waals surface area contributed by atoms with E-state index in [0.717, 1.165) is 12.8 Å². The molecule has 1 aliphatic rings. The van der Waals surface area contributed by atoms with Crippen molar-refractivity contribution in [3.8, 4) is 0 Å². The third-order valence-electron chi connectivity index (χ3n) is 2.80. The predicted octanol–water partition coefficient (Wildman–Crippen LogP) is 0.0635. The molecular weight excluding hydrogens is 250 g/mol. The summed E-state index contributed by atoms with van der Waals surface area (Å²) >= 11 is 0. The van der Waals surface area contributed by atoms with Crippen molar-refractivity contribution in [2.75, 3.05) is 6.54 Å². The molecule has 7 heteroatoms. The Balaban J connectivity index is 2.18. The van der Waals surface area contributed by atoms with E-state index in [9.17, 15) is 14.4 Å². The summed E-state index contributed by atoms with van der Waals surface area (Å²) in [4.78, 5) is 33.7. The van der Waals surface area contributed by atoms with Gasteiger partial charge in [-0.2, -0.15) is 0 Å². The maximum Gasteiger partial charge on any atom is 0.326 e. The molecule has 0 heterocycles. The van der Waals surface area contributed by atoms with E-state index in [1.807, 2.05) is 0 Å². The van der Waals surface area contributed by atoms with Gasteiger partial charge in [-0.05, 0) is 18.8 Å². The Hall–Kier alpha value is -1.79. The van der Waals surface area contributed by atoms with Gasteiger partial charge in [0.2, 0.25) is 5.91 Å². The Kier molecular flexibility index (Phi) is 5.59. The average molecular weight is 271 g/mol. The first-order valence-electron chi connectivity index (χ1n) is 6.46. The molecule has 1 saturated carbocycles. The predicted molar refractivity (Wildman–Crippen MR) is 68.6 cm³/mol. The van der Waals surface area contributed by atoms with Crippen molar-refractivity contribution >= 4 is 17.9 Å². The molecule has 7 nitrogen and oxygen atoms in total. The van der Waals surface area contributed by atoms with Crippen molar-refractivity contribution < 1.29 is 19.5 Å². The summed E-state index contributed by atoms with van der Waals surface area (Å²) in [7, 11) is 0. The number of carbonyl (C=O) groups is 3. The highest BCUT2D eigenvalue weighted by molar-refractivity contribution is 5.83. The van der Waals surface area contributed by atoms with Gasteiger partial charge in [0.25, 0.3) is 0 Å². The Morgan fingerprint density at radius 2 is 1.89 bits per heavy atom.